The summed E-state index contributed by atoms with van der Waals surface area (Å²) in [5.74, 6) is 0.324. The fourth-order valence-corrected chi connectivity index (χ4v) is 2.42. The predicted octanol–water partition coefficient (Wildman–Crippen LogP) is 3.00. The SMILES string of the molecule is COc1ccc(-c2cc3c(c(C(=O)O)c2)OCC3)cc1. The molecule has 0 fully saturated rings. The molecule has 102 valence electrons. The number of aromatic carboxylic acids is 1. The van der Waals surface area contributed by atoms with Gasteiger partial charge in [-0.25, -0.2) is 4.79 Å². The molecule has 0 spiro atoms. The average Bonchev–Trinajstić information content (AvgIpc) is 2.94. The van der Waals surface area contributed by atoms with E-state index in [1.807, 2.05) is 30.3 Å². The number of carboxylic acids is 1. The number of rotatable bonds is 3. The van der Waals surface area contributed by atoms with E-state index in [1.54, 1.807) is 13.2 Å². The number of carboxylic acid groups (broad SMARTS) is 1. The molecular weight excluding hydrogens is 256 g/mol. The van der Waals surface area contributed by atoms with Gasteiger partial charge in [0, 0.05) is 6.42 Å². The van der Waals surface area contributed by atoms with Gasteiger partial charge in [-0.05, 0) is 41.0 Å². The van der Waals surface area contributed by atoms with Crippen LogP contribution in [0.2, 0.25) is 0 Å². The standard InChI is InChI=1S/C16H14O4/c1-19-13-4-2-10(3-5-13)12-8-11-6-7-20-15(11)14(9-12)16(17)18/h2-5,8-9H,6-7H2,1H3,(H,17,18). The molecule has 0 saturated heterocycles. The van der Waals surface area contributed by atoms with Gasteiger partial charge in [0.2, 0.25) is 0 Å². The Bertz CT molecular complexity index is 659. The van der Waals surface area contributed by atoms with Crippen LogP contribution in [0.4, 0.5) is 0 Å². The monoisotopic (exact) mass is 270 g/mol. The summed E-state index contributed by atoms with van der Waals surface area (Å²) in [6.07, 6.45) is 0.750. The molecule has 0 bridgehead atoms. The fourth-order valence-electron chi connectivity index (χ4n) is 2.42. The first-order chi connectivity index (χ1) is 9.69. The molecular formula is C16H14O4. The van der Waals surface area contributed by atoms with Crippen molar-refractivity contribution < 1.29 is 19.4 Å². The highest BCUT2D eigenvalue weighted by molar-refractivity contribution is 5.93. The second kappa shape index (κ2) is 4.89. The molecule has 0 radical (unpaired) electrons. The van der Waals surface area contributed by atoms with Crippen molar-refractivity contribution in [3.05, 3.63) is 47.5 Å². The van der Waals surface area contributed by atoms with E-state index >= 15 is 0 Å². The quantitative estimate of drug-likeness (QED) is 0.931. The molecule has 2 aromatic carbocycles. The van der Waals surface area contributed by atoms with E-state index in [9.17, 15) is 9.90 Å². The first kappa shape index (κ1) is 12.5. The summed E-state index contributed by atoms with van der Waals surface area (Å²) in [6, 6.07) is 11.2. The Morgan fingerprint density at radius 1 is 1.20 bits per heavy atom. The smallest absolute Gasteiger partial charge is 0.339 e. The highest BCUT2D eigenvalue weighted by Gasteiger charge is 2.22. The number of hydrogen-bond donors (Lipinski definition) is 1. The molecule has 0 unspecified atom stereocenters. The van der Waals surface area contributed by atoms with Crippen LogP contribution in [0.15, 0.2) is 36.4 Å². The minimum atomic E-state index is -0.960. The zero-order valence-corrected chi connectivity index (χ0v) is 11.1. The van der Waals surface area contributed by atoms with Gasteiger partial charge in [0.15, 0.2) is 0 Å². The molecule has 4 nitrogen and oxygen atoms in total. The first-order valence-electron chi connectivity index (χ1n) is 6.36. The Labute approximate surface area is 116 Å². The van der Waals surface area contributed by atoms with Gasteiger partial charge in [0.1, 0.15) is 17.1 Å². The summed E-state index contributed by atoms with van der Waals surface area (Å²) in [5, 5.41) is 9.30. The molecule has 0 aromatic heterocycles. The van der Waals surface area contributed by atoms with Crippen LogP contribution in [0.5, 0.6) is 11.5 Å². The van der Waals surface area contributed by atoms with Gasteiger partial charge in [-0.3, -0.25) is 0 Å². The molecule has 20 heavy (non-hydrogen) atoms. The lowest BCUT2D eigenvalue weighted by Crippen LogP contribution is -2.00. The van der Waals surface area contributed by atoms with Gasteiger partial charge in [-0.1, -0.05) is 12.1 Å². The van der Waals surface area contributed by atoms with E-state index in [0.717, 1.165) is 28.9 Å². The number of carbonyl (C=O) groups is 1. The van der Waals surface area contributed by atoms with Gasteiger partial charge in [-0.15, -0.1) is 0 Å². The van der Waals surface area contributed by atoms with Crippen LogP contribution in [0, 0.1) is 0 Å². The third-order valence-corrected chi connectivity index (χ3v) is 3.44. The lowest BCUT2D eigenvalue weighted by atomic mass is 9.98. The van der Waals surface area contributed by atoms with Crippen LogP contribution in [0.1, 0.15) is 15.9 Å². The molecule has 0 saturated carbocycles. The topological polar surface area (TPSA) is 55.8 Å². The van der Waals surface area contributed by atoms with Crippen molar-refractivity contribution >= 4 is 5.97 Å². The molecule has 4 heteroatoms. The Balaban J connectivity index is 2.09. The number of hydrogen-bond acceptors (Lipinski definition) is 3. The molecule has 0 aliphatic carbocycles. The minimum Gasteiger partial charge on any atom is -0.497 e. The van der Waals surface area contributed by atoms with Crippen molar-refractivity contribution in [3.8, 4) is 22.6 Å². The second-order valence-electron chi connectivity index (χ2n) is 4.64. The maximum atomic E-state index is 11.3. The largest absolute Gasteiger partial charge is 0.497 e. The fraction of sp³-hybridized carbons (Fsp3) is 0.188. The lowest BCUT2D eigenvalue weighted by Gasteiger charge is -2.09. The molecule has 2 aromatic rings. The number of methoxy groups -OCH3 is 1. The summed E-state index contributed by atoms with van der Waals surface area (Å²) in [6.45, 7) is 0.543. The van der Waals surface area contributed by atoms with Gasteiger partial charge >= 0.3 is 5.97 Å². The predicted molar refractivity (Wildman–Crippen MR) is 74.6 cm³/mol. The molecule has 0 atom stereocenters. The Morgan fingerprint density at radius 2 is 1.95 bits per heavy atom. The van der Waals surface area contributed by atoms with E-state index in [4.69, 9.17) is 9.47 Å². The highest BCUT2D eigenvalue weighted by atomic mass is 16.5. The molecule has 1 N–H and O–H groups in total. The van der Waals surface area contributed by atoms with E-state index in [-0.39, 0.29) is 5.56 Å². The van der Waals surface area contributed by atoms with Crippen molar-refractivity contribution in [3.63, 3.8) is 0 Å². The number of benzene rings is 2. The van der Waals surface area contributed by atoms with Gasteiger partial charge in [0.05, 0.1) is 13.7 Å². The third kappa shape index (κ3) is 2.09. The summed E-state index contributed by atoms with van der Waals surface area (Å²) < 4.78 is 10.5. The zero-order chi connectivity index (χ0) is 14.1. The van der Waals surface area contributed by atoms with Gasteiger partial charge < -0.3 is 14.6 Å². The average molecular weight is 270 g/mol. The van der Waals surface area contributed by atoms with E-state index in [2.05, 4.69) is 0 Å². The normalized spacial score (nSPS) is 12.7. The summed E-state index contributed by atoms with van der Waals surface area (Å²) in [7, 11) is 1.62. The molecule has 0 amide bonds. The van der Waals surface area contributed by atoms with Crippen LogP contribution < -0.4 is 9.47 Å². The summed E-state index contributed by atoms with van der Waals surface area (Å²) in [4.78, 5) is 11.3. The minimum absolute atomic E-state index is 0.228. The van der Waals surface area contributed by atoms with Crippen molar-refractivity contribution in [1.29, 1.82) is 0 Å². The van der Waals surface area contributed by atoms with Crippen molar-refractivity contribution in [2.75, 3.05) is 13.7 Å². The number of ether oxygens (including phenoxy) is 2. The van der Waals surface area contributed by atoms with Crippen LogP contribution in [0.3, 0.4) is 0 Å². The van der Waals surface area contributed by atoms with E-state index in [0.29, 0.717) is 12.4 Å². The third-order valence-electron chi connectivity index (χ3n) is 3.44. The molecule has 1 aliphatic rings. The van der Waals surface area contributed by atoms with Crippen LogP contribution in [-0.2, 0) is 6.42 Å². The molecule has 1 aliphatic heterocycles. The van der Waals surface area contributed by atoms with Crippen molar-refractivity contribution in [1.82, 2.24) is 0 Å². The second-order valence-corrected chi connectivity index (χ2v) is 4.64. The van der Waals surface area contributed by atoms with Crippen molar-refractivity contribution in [2.24, 2.45) is 0 Å². The Hall–Kier alpha value is -2.49. The lowest BCUT2D eigenvalue weighted by molar-refractivity contribution is 0.0693. The number of fused-ring (bicyclic) bond motifs is 1. The van der Waals surface area contributed by atoms with Gasteiger partial charge in [0.25, 0.3) is 0 Å². The maximum absolute atomic E-state index is 11.3. The van der Waals surface area contributed by atoms with E-state index in [1.165, 1.54) is 0 Å². The highest BCUT2D eigenvalue weighted by Crippen LogP contribution is 2.35. The molecule has 1 heterocycles. The first-order valence-corrected chi connectivity index (χ1v) is 6.36. The van der Waals surface area contributed by atoms with E-state index < -0.39 is 5.97 Å². The summed E-state index contributed by atoms with van der Waals surface area (Å²) >= 11 is 0. The van der Waals surface area contributed by atoms with Crippen LogP contribution in [0.25, 0.3) is 11.1 Å². The van der Waals surface area contributed by atoms with Crippen LogP contribution >= 0.6 is 0 Å². The Morgan fingerprint density at radius 3 is 2.60 bits per heavy atom. The maximum Gasteiger partial charge on any atom is 0.339 e. The molecule has 3 rings (SSSR count). The van der Waals surface area contributed by atoms with Gasteiger partial charge in [-0.2, -0.15) is 0 Å². The summed E-state index contributed by atoms with van der Waals surface area (Å²) in [5.41, 5.74) is 3.03. The van der Waals surface area contributed by atoms with Crippen molar-refractivity contribution in [2.45, 2.75) is 6.42 Å². The zero-order valence-electron chi connectivity index (χ0n) is 11.1. The Kier molecular flexibility index (Phi) is 3.06. The van der Waals surface area contributed by atoms with Crippen LogP contribution in [-0.4, -0.2) is 24.8 Å².